The van der Waals surface area contributed by atoms with Gasteiger partial charge in [-0.3, -0.25) is 9.69 Å². The van der Waals surface area contributed by atoms with Gasteiger partial charge in [0.25, 0.3) is 5.91 Å². The van der Waals surface area contributed by atoms with E-state index in [1.54, 1.807) is 18.2 Å². The number of carbonyl (C=O) groups excluding carboxylic acids is 1. The fourth-order valence-electron chi connectivity index (χ4n) is 2.33. The highest BCUT2D eigenvalue weighted by molar-refractivity contribution is 5.98. The van der Waals surface area contributed by atoms with Crippen molar-refractivity contribution in [1.29, 1.82) is 0 Å². The molecule has 1 saturated heterocycles. The summed E-state index contributed by atoms with van der Waals surface area (Å²) in [5.74, 6) is -1.20. The highest BCUT2D eigenvalue weighted by Gasteiger charge is 2.13. The van der Waals surface area contributed by atoms with Gasteiger partial charge in [-0.05, 0) is 32.0 Å². The van der Waals surface area contributed by atoms with Gasteiger partial charge >= 0.3 is 5.97 Å². The van der Waals surface area contributed by atoms with Crippen LogP contribution in [-0.4, -0.2) is 47.7 Å². The lowest BCUT2D eigenvalue weighted by atomic mass is 10.1. The molecular formula is C15H19N3O3. The molecule has 1 aliphatic rings. The van der Waals surface area contributed by atoms with Gasteiger partial charge < -0.3 is 5.11 Å². The van der Waals surface area contributed by atoms with E-state index in [-0.39, 0.29) is 11.5 Å². The standard InChI is InChI=1S/C15H19N3O3/c19-14(11-18-8-4-1-5-9-18)17-16-10-12-6-2-3-7-13(12)15(20)21/h2-3,6-7,10H,1,4-5,8-9,11H2,(H,17,19)(H,20,21). The molecule has 1 aromatic carbocycles. The first kappa shape index (κ1) is 15.2. The van der Waals surface area contributed by atoms with E-state index in [1.165, 1.54) is 18.7 Å². The zero-order chi connectivity index (χ0) is 15.1. The molecule has 1 fully saturated rings. The van der Waals surface area contributed by atoms with Crippen molar-refractivity contribution in [3.63, 3.8) is 0 Å². The van der Waals surface area contributed by atoms with Crippen LogP contribution < -0.4 is 5.43 Å². The monoisotopic (exact) mass is 289 g/mol. The Morgan fingerprint density at radius 2 is 1.95 bits per heavy atom. The predicted molar refractivity (Wildman–Crippen MR) is 79.4 cm³/mol. The SMILES string of the molecule is O=C(CN1CCCCC1)NN=Cc1ccccc1C(=O)O. The van der Waals surface area contributed by atoms with Crippen LogP contribution in [0.15, 0.2) is 29.4 Å². The van der Waals surface area contributed by atoms with Gasteiger partial charge in [-0.25, -0.2) is 10.2 Å². The van der Waals surface area contributed by atoms with E-state index in [9.17, 15) is 9.59 Å². The molecule has 21 heavy (non-hydrogen) atoms. The predicted octanol–water partition coefficient (Wildman–Crippen LogP) is 1.32. The minimum atomic E-state index is -1.02. The van der Waals surface area contributed by atoms with Crippen LogP contribution in [0.25, 0.3) is 0 Å². The van der Waals surface area contributed by atoms with Gasteiger partial charge in [0.1, 0.15) is 0 Å². The number of carboxylic acids is 1. The number of nitrogens with one attached hydrogen (secondary N) is 1. The van der Waals surface area contributed by atoms with E-state index < -0.39 is 5.97 Å². The smallest absolute Gasteiger partial charge is 0.336 e. The highest BCUT2D eigenvalue weighted by Crippen LogP contribution is 2.08. The maximum absolute atomic E-state index is 11.7. The van der Waals surface area contributed by atoms with E-state index >= 15 is 0 Å². The zero-order valence-corrected chi connectivity index (χ0v) is 11.8. The number of piperidine rings is 1. The zero-order valence-electron chi connectivity index (χ0n) is 11.8. The van der Waals surface area contributed by atoms with Gasteiger partial charge in [-0.15, -0.1) is 0 Å². The number of amides is 1. The first-order valence-electron chi connectivity index (χ1n) is 7.03. The van der Waals surface area contributed by atoms with Gasteiger partial charge in [-0.1, -0.05) is 24.6 Å². The van der Waals surface area contributed by atoms with Crippen molar-refractivity contribution in [3.8, 4) is 0 Å². The van der Waals surface area contributed by atoms with E-state index in [1.807, 2.05) is 0 Å². The fraction of sp³-hybridized carbons (Fsp3) is 0.400. The summed E-state index contributed by atoms with van der Waals surface area (Å²) in [6.07, 6.45) is 4.84. The molecule has 0 aromatic heterocycles. The Bertz CT molecular complexity index is 537. The number of carbonyl (C=O) groups is 2. The molecule has 1 heterocycles. The lowest BCUT2D eigenvalue weighted by Gasteiger charge is -2.25. The molecule has 2 N–H and O–H groups in total. The lowest BCUT2D eigenvalue weighted by Crippen LogP contribution is -2.38. The molecule has 0 bridgehead atoms. The van der Waals surface area contributed by atoms with Crippen LogP contribution in [0.3, 0.4) is 0 Å². The van der Waals surface area contributed by atoms with Crippen LogP contribution in [0, 0.1) is 0 Å². The van der Waals surface area contributed by atoms with E-state index in [0.29, 0.717) is 12.1 Å². The second-order valence-electron chi connectivity index (χ2n) is 5.02. The third kappa shape index (κ3) is 4.68. The molecule has 1 amide bonds. The normalized spacial score (nSPS) is 16.0. The third-order valence-electron chi connectivity index (χ3n) is 3.40. The lowest BCUT2D eigenvalue weighted by molar-refractivity contribution is -0.122. The molecule has 112 valence electrons. The van der Waals surface area contributed by atoms with Crippen LogP contribution in [-0.2, 0) is 4.79 Å². The van der Waals surface area contributed by atoms with Gasteiger partial charge in [0.2, 0.25) is 0 Å². The Balaban J connectivity index is 1.87. The Hall–Kier alpha value is -2.21. The number of benzene rings is 1. The van der Waals surface area contributed by atoms with Gasteiger partial charge in [0, 0.05) is 5.56 Å². The summed E-state index contributed by atoms with van der Waals surface area (Å²) in [7, 11) is 0. The third-order valence-corrected chi connectivity index (χ3v) is 3.40. The van der Waals surface area contributed by atoms with Crippen LogP contribution in [0.4, 0.5) is 0 Å². The van der Waals surface area contributed by atoms with Crippen LogP contribution in [0.2, 0.25) is 0 Å². The Kier molecular flexibility index (Phi) is 5.45. The molecule has 0 saturated carbocycles. The summed E-state index contributed by atoms with van der Waals surface area (Å²) in [4.78, 5) is 24.9. The number of hydrogen-bond acceptors (Lipinski definition) is 4. The van der Waals surface area contributed by atoms with Crippen molar-refractivity contribution >= 4 is 18.1 Å². The van der Waals surface area contributed by atoms with E-state index in [4.69, 9.17) is 5.11 Å². The maximum Gasteiger partial charge on any atom is 0.336 e. The summed E-state index contributed by atoms with van der Waals surface area (Å²) < 4.78 is 0. The van der Waals surface area contributed by atoms with E-state index in [2.05, 4.69) is 15.4 Å². The average Bonchev–Trinajstić information content (AvgIpc) is 2.48. The number of rotatable bonds is 5. The molecule has 0 unspecified atom stereocenters. The first-order valence-corrected chi connectivity index (χ1v) is 7.03. The number of carboxylic acid groups (broad SMARTS) is 1. The summed E-state index contributed by atoms with van der Waals surface area (Å²) >= 11 is 0. The van der Waals surface area contributed by atoms with Crippen molar-refractivity contribution < 1.29 is 14.7 Å². The molecule has 6 nitrogen and oxygen atoms in total. The van der Waals surface area contributed by atoms with Crippen molar-refractivity contribution in [2.24, 2.45) is 5.10 Å². The van der Waals surface area contributed by atoms with Crippen molar-refractivity contribution in [3.05, 3.63) is 35.4 Å². The number of nitrogens with zero attached hydrogens (tertiary/aromatic N) is 2. The summed E-state index contributed by atoms with van der Waals surface area (Å²) in [5.41, 5.74) is 3.06. The highest BCUT2D eigenvalue weighted by atomic mass is 16.4. The van der Waals surface area contributed by atoms with Crippen LogP contribution in [0.5, 0.6) is 0 Å². The summed E-state index contributed by atoms with van der Waals surface area (Å²) in [6, 6.07) is 6.52. The number of aromatic carboxylic acids is 1. The van der Waals surface area contributed by atoms with Crippen molar-refractivity contribution in [2.75, 3.05) is 19.6 Å². The summed E-state index contributed by atoms with van der Waals surface area (Å²) in [6.45, 7) is 2.22. The molecule has 6 heteroatoms. The molecule has 0 aliphatic carbocycles. The topological polar surface area (TPSA) is 82.0 Å². The number of hydrogen-bond donors (Lipinski definition) is 2. The second kappa shape index (κ2) is 7.54. The number of hydrazone groups is 1. The van der Waals surface area contributed by atoms with Gasteiger partial charge in [0.05, 0.1) is 18.3 Å². The average molecular weight is 289 g/mol. The van der Waals surface area contributed by atoms with E-state index in [0.717, 1.165) is 25.9 Å². The van der Waals surface area contributed by atoms with Crippen LogP contribution >= 0.6 is 0 Å². The Morgan fingerprint density at radius 1 is 1.24 bits per heavy atom. The quantitative estimate of drug-likeness (QED) is 0.632. The number of likely N-dealkylation sites (tertiary alicyclic amines) is 1. The Labute approximate surface area is 123 Å². The van der Waals surface area contributed by atoms with Crippen LogP contribution in [0.1, 0.15) is 35.2 Å². The molecule has 2 rings (SSSR count). The first-order chi connectivity index (χ1) is 10.2. The van der Waals surface area contributed by atoms with Crippen molar-refractivity contribution in [2.45, 2.75) is 19.3 Å². The maximum atomic E-state index is 11.7. The molecule has 0 radical (unpaired) electrons. The fourth-order valence-corrected chi connectivity index (χ4v) is 2.33. The Morgan fingerprint density at radius 3 is 2.67 bits per heavy atom. The summed E-state index contributed by atoms with van der Waals surface area (Å²) in [5, 5.41) is 12.9. The molecule has 0 atom stereocenters. The van der Waals surface area contributed by atoms with Gasteiger partial charge in [0.15, 0.2) is 0 Å². The second-order valence-corrected chi connectivity index (χ2v) is 5.02. The molecular weight excluding hydrogens is 270 g/mol. The molecule has 1 aromatic rings. The van der Waals surface area contributed by atoms with Gasteiger partial charge in [-0.2, -0.15) is 5.10 Å². The minimum Gasteiger partial charge on any atom is -0.478 e. The minimum absolute atomic E-state index is 0.159. The van der Waals surface area contributed by atoms with Crippen molar-refractivity contribution in [1.82, 2.24) is 10.3 Å². The largest absolute Gasteiger partial charge is 0.478 e. The molecule has 0 spiro atoms. The molecule has 1 aliphatic heterocycles.